The van der Waals surface area contributed by atoms with Gasteiger partial charge in [-0.05, 0) is 60.2 Å². The Balaban J connectivity index is 1.38. The van der Waals surface area contributed by atoms with E-state index < -0.39 is 5.97 Å². The van der Waals surface area contributed by atoms with Gasteiger partial charge in [0.05, 0.1) is 12.8 Å². The van der Waals surface area contributed by atoms with E-state index in [0.29, 0.717) is 18.1 Å². The fourth-order valence-electron chi connectivity index (χ4n) is 5.78. The van der Waals surface area contributed by atoms with Crippen LogP contribution >= 0.6 is 0 Å². The number of hydrogen-bond donors (Lipinski definition) is 3. The van der Waals surface area contributed by atoms with Gasteiger partial charge in [0.2, 0.25) is 5.88 Å². The number of aliphatic carboxylic acids is 1. The van der Waals surface area contributed by atoms with Crippen LogP contribution in [0.5, 0.6) is 5.75 Å². The quantitative estimate of drug-likeness (QED) is 0.154. The van der Waals surface area contributed by atoms with Gasteiger partial charge >= 0.3 is 5.97 Å². The number of nitrogens with zero attached hydrogens (tertiary/aromatic N) is 2. The predicted molar refractivity (Wildman–Crippen MR) is 160 cm³/mol. The van der Waals surface area contributed by atoms with Crippen molar-refractivity contribution in [3.63, 3.8) is 0 Å². The van der Waals surface area contributed by atoms with E-state index in [1.54, 1.807) is 6.07 Å². The zero-order chi connectivity index (χ0) is 29.1. The number of benzene rings is 2. The molecule has 0 unspecified atom stereocenters. The largest absolute Gasteiger partial charge is 0.488 e. The Morgan fingerprint density at radius 2 is 1.98 bits per heavy atom. The summed E-state index contributed by atoms with van der Waals surface area (Å²) < 4.78 is 11.7. The zero-order valence-electron chi connectivity index (χ0n) is 24.2. The number of carboxylic acid groups (broad SMARTS) is 1. The monoisotopic (exact) mass is 554 g/mol. The standard InChI is InChI=1S/C33H38N4O4/c1-21-8-5-11-25(28-12-7-13-29(35-28)36-31(40-4)26(17-34)32(38)39)30(21)41-19-22-14-15-23-18-37(24-9-6-10-24)20-33(2,3)27(23)16-22/h5,7-8,11-17,24,34H,6,9-10,18-20H2,1-4H3,(H,35,36)(H,38,39)/b31-26-,34-17?. The first kappa shape index (κ1) is 28.4. The molecule has 8 nitrogen and oxygen atoms in total. The molecule has 2 aliphatic rings. The molecular weight excluding hydrogens is 516 g/mol. The Morgan fingerprint density at radius 3 is 2.66 bits per heavy atom. The van der Waals surface area contributed by atoms with Crippen LogP contribution in [0.4, 0.5) is 5.82 Å². The van der Waals surface area contributed by atoms with Gasteiger partial charge in [-0.2, -0.15) is 0 Å². The van der Waals surface area contributed by atoms with Gasteiger partial charge in [0.1, 0.15) is 23.7 Å². The fourth-order valence-corrected chi connectivity index (χ4v) is 5.78. The topological polar surface area (TPSA) is 108 Å². The van der Waals surface area contributed by atoms with Crippen molar-refractivity contribution in [2.75, 3.05) is 19.0 Å². The van der Waals surface area contributed by atoms with E-state index in [1.165, 1.54) is 37.5 Å². The van der Waals surface area contributed by atoms with Crippen LogP contribution in [-0.2, 0) is 28.1 Å². The van der Waals surface area contributed by atoms with Crippen LogP contribution in [0.1, 0.15) is 55.4 Å². The summed E-state index contributed by atoms with van der Waals surface area (Å²) in [4.78, 5) is 18.8. The Morgan fingerprint density at radius 1 is 1.20 bits per heavy atom. The number of aromatic nitrogens is 1. The van der Waals surface area contributed by atoms with Crippen molar-refractivity contribution < 1.29 is 19.4 Å². The van der Waals surface area contributed by atoms with Crippen LogP contribution in [0.15, 0.2) is 66.1 Å². The summed E-state index contributed by atoms with van der Waals surface area (Å²) >= 11 is 0. The highest BCUT2D eigenvalue weighted by molar-refractivity contribution is 6.08. The maximum atomic E-state index is 11.5. The average molecular weight is 555 g/mol. The average Bonchev–Trinajstić information content (AvgIpc) is 2.91. The molecule has 41 heavy (non-hydrogen) atoms. The third-order valence-corrected chi connectivity index (χ3v) is 8.15. The predicted octanol–water partition coefficient (Wildman–Crippen LogP) is 6.29. The molecule has 1 aromatic heterocycles. The molecule has 0 bridgehead atoms. The molecule has 1 aliphatic carbocycles. The summed E-state index contributed by atoms with van der Waals surface area (Å²) in [6, 6.07) is 18.9. The maximum absolute atomic E-state index is 11.5. The maximum Gasteiger partial charge on any atom is 0.342 e. The zero-order valence-corrected chi connectivity index (χ0v) is 24.2. The summed E-state index contributed by atoms with van der Waals surface area (Å²) in [5, 5.41) is 19.7. The molecule has 3 aromatic rings. The number of pyridine rings is 1. The van der Waals surface area contributed by atoms with Gasteiger partial charge in [-0.3, -0.25) is 4.90 Å². The van der Waals surface area contributed by atoms with Crippen molar-refractivity contribution in [2.24, 2.45) is 0 Å². The molecular formula is C33H38N4O4. The van der Waals surface area contributed by atoms with Gasteiger partial charge in [0.15, 0.2) is 0 Å². The van der Waals surface area contributed by atoms with Crippen molar-refractivity contribution in [3.05, 3.63) is 88.3 Å². The highest BCUT2D eigenvalue weighted by Gasteiger charge is 2.36. The fraction of sp³-hybridized carbons (Fsp3) is 0.364. The van der Waals surface area contributed by atoms with E-state index in [0.717, 1.165) is 47.8 Å². The Labute approximate surface area is 241 Å². The number of nitrogens with one attached hydrogen (secondary N) is 2. The minimum Gasteiger partial charge on any atom is -0.488 e. The molecule has 8 heteroatoms. The van der Waals surface area contributed by atoms with Gasteiger partial charge in [-0.15, -0.1) is 0 Å². The molecule has 1 fully saturated rings. The second-order valence-electron chi connectivity index (χ2n) is 11.5. The molecule has 0 atom stereocenters. The Kier molecular flexibility index (Phi) is 8.13. The number of hydrogen-bond acceptors (Lipinski definition) is 7. The number of carboxylic acids is 1. The third-order valence-electron chi connectivity index (χ3n) is 8.15. The number of para-hydroxylation sites is 1. The van der Waals surface area contributed by atoms with Crippen LogP contribution in [0.3, 0.4) is 0 Å². The van der Waals surface area contributed by atoms with E-state index in [4.69, 9.17) is 19.9 Å². The number of anilines is 1. The molecule has 1 saturated carbocycles. The third kappa shape index (κ3) is 5.98. The number of aryl methyl sites for hydroxylation is 1. The summed E-state index contributed by atoms with van der Waals surface area (Å²) in [5.74, 6) is -0.195. The van der Waals surface area contributed by atoms with Crippen molar-refractivity contribution in [1.82, 2.24) is 9.88 Å². The first-order valence-electron chi connectivity index (χ1n) is 14.1. The van der Waals surface area contributed by atoms with E-state index in [9.17, 15) is 9.90 Å². The first-order valence-corrected chi connectivity index (χ1v) is 14.1. The molecule has 0 radical (unpaired) electrons. The van der Waals surface area contributed by atoms with Crippen LogP contribution in [0.2, 0.25) is 0 Å². The normalized spacial score (nSPS) is 17.1. The van der Waals surface area contributed by atoms with Gasteiger partial charge in [-0.1, -0.05) is 56.7 Å². The molecule has 2 heterocycles. The summed E-state index contributed by atoms with van der Waals surface area (Å²) in [6.07, 6.45) is 4.73. The lowest BCUT2D eigenvalue weighted by molar-refractivity contribution is -0.132. The molecule has 2 aromatic carbocycles. The lowest BCUT2D eigenvalue weighted by atomic mass is 9.76. The van der Waals surface area contributed by atoms with Gasteiger partial charge in [0, 0.05) is 36.3 Å². The first-order chi connectivity index (χ1) is 19.7. The van der Waals surface area contributed by atoms with E-state index in [-0.39, 0.29) is 16.9 Å². The number of fused-ring (bicyclic) bond motifs is 1. The minimum atomic E-state index is -1.27. The lowest BCUT2D eigenvalue weighted by Crippen LogP contribution is -2.49. The van der Waals surface area contributed by atoms with Crippen molar-refractivity contribution in [3.8, 4) is 17.0 Å². The lowest BCUT2D eigenvalue weighted by Gasteiger charge is -2.46. The number of carbonyl (C=O) groups is 1. The summed E-state index contributed by atoms with van der Waals surface area (Å²) in [6.45, 7) is 9.25. The number of rotatable bonds is 10. The highest BCUT2D eigenvalue weighted by atomic mass is 16.5. The number of ether oxygens (including phenoxy) is 2. The second-order valence-corrected chi connectivity index (χ2v) is 11.5. The molecule has 0 amide bonds. The van der Waals surface area contributed by atoms with Crippen LogP contribution in [-0.4, -0.2) is 46.9 Å². The van der Waals surface area contributed by atoms with Crippen LogP contribution < -0.4 is 10.1 Å². The van der Waals surface area contributed by atoms with E-state index >= 15 is 0 Å². The van der Waals surface area contributed by atoms with Gasteiger partial charge in [-0.25, -0.2) is 9.78 Å². The van der Waals surface area contributed by atoms with E-state index in [2.05, 4.69) is 42.3 Å². The van der Waals surface area contributed by atoms with Gasteiger partial charge in [0.25, 0.3) is 0 Å². The highest BCUT2D eigenvalue weighted by Crippen LogP contribution is 2.39. The van der Waals surface area contributed by atoms with Gasteiger partial charge < -0.3 is 25.3 Å². The minimum absolute atomic E-state index is 0.0657. The van der Waals surface area contributed by atoms with Crippen LogP contribution in [0.25, 0.3) is 11.3 Å². The molecule has 1 aliphatic heterocycles. The van der Waals surface area contributed by atoms with E-state index in [1.807, 2.05) is 37.3 Å². The van der Waals surface area contributed by atoms with Crippen molar-refractivity contribution in [1.29, 1.82) is 5.41 Å². The Bertz CT molecular complexity index is 1490. The molecule has 3 N–H and O–H groups in total. The van der Waals surface area contributed by atoms with Crippen LogP contribution in [0, 0.1) is 12.3 Å². The Hall–Kier alpha value is -4.17. The molecule has 214 valence electrons. The SMILES string of the molecule is CO/C(Nc1cccc(-c2cccc(C)c2OCc2ccc3c(c2)C(C)(C)CN(C2CCC2)C3)n1)=C(/C=N)C(=O)O. The second kappa shape index (κ2) is 11.7. The number of methoxy groups -OCH3 is 1. The summed E-state index contributed by atoms with van der Waals surface area (Å²) in [7, 11) is 1.34. The summed E-state index contributed by atoms with van der Waals surface area (Å²) in [5.41, 5.74) is 6.23. The van der Waals surface area contributed by atoms with Crippen molar-refractivity contribution >= 4 is 18.0 Å². The molecule has 5 rings (SSSR count). The molecule has 0 saturated heterocycles. The smallest absolute Gasteiger partial charge is 0.342 e. The molecule has 0 spiro atoms. The van der Waals surface area contributed by atoms with Crippen molar-refractivity contribution in [2.45, 2.75) is 64.6 Å².